The lowest BCUT2D eigenvalue weighted by Crippen LogP contribution is -2.33. The summed E-state index contributed by atoms with van der Waals surface area (Å²) in [5, 5.41) is 11.0. The summed E-state index contributed by atoms with van der Waals surface area (Å²) >= 11 is 0. The van der Waals surface area contributed by atoms with Crippen LogP contribution in [0, 0.1) is 15.9 Å². The third kappa shape index (κ3) is 3.97. The molecule has 1 aromatic heterocycles. The Balaban J connectivity index is 1.82. The molecule has 3 rings (SSSR count). The molecule has 0 fully saturated rings. The largest absolute Gasteiger partial charge is 0.340 e. The van der Waals surface area contributed by atoms with E-state index in [-0.39, 0.29) is 30.1 Å². The van der Waals surface area contributed by atoms with Crippen LogP contribution in [-0.4, -0.2) is 32.3 Å². The third-order valence-electron chi connectivity index (χ3n) is 4.06. The third-order valence-corrected chi connectivity index (χ3v) is 4.06. The molecule has 0 saturated heterocycles. The van der Waals surface area contributed by atoms with Crippen LogP contribution in [0.4, 0.5) is 10.1 Å². The van der Waals surface area contributed by atoms with E-state index in [9.17, 15) is 24.1 Å². The number of nitro groups is 1. The second-order valence-corrected chi connectivity index (χ2v) is 6.02. The van der Waals surface area contributed by atoms with Crippen molar-refractivity contribution in [1.29, 1.82) is 0 Å². The fourth-order valence-electron chi connectivity index (χ4n) is 2.64. The Labute approximate surface area is 152 Å². The predicted molar refractivity (Wildman–Crippen MR) is 95.5 cm³/mol. The molecule has 0 aliphatic heterocycles. The standard InChI is InChI=1S/C18H15FN4O4/c1-21(9-12-3-2-4-13(19)7-12)17(24)10-22-11-20-16-6-5-14(23(26)27)8-15(16)18(22)25/h2-8,11H,9-10H2,1H3. The molecule has 0 saturated carbocycles. The summed E-state index contributed by atoms with van der Waals surface area (Å²) in [6.07, 6.45) is 1.23. The SMILES string of the molecule is CN(Cc1cccc(F)c1)C(=O)Cn1cnc2ccc([N+](=O)[O-])cc2c1=O. The molecule has 2 aromatic carbocycles. The van der Waals surface area contributed by atoms with Gasteiger partial charge in [-0.15, -0.1) is 0 Å². The molecule has 3 aromatic rings. The topological polar surface area (TPSA) is 98.3 Å². The van der Waals surface area contributed by atoms with Gasteiger partial charge in [0, 0.05) is 25.7 Å². The van der Waals surface area contributed by atoms with Crippen molar-refractivity contribution in [3.63, 3.8) is 0 Å². The molecular formula is C18H15FN4O4. The second-order valence-electron chi connectivity index (χ2n) is 6.02. The number of hydrogen-bond donors (Lipinski definition) is 0. The van der Waals surface area contributed by atoms with Gasteiger partial charge in [-0.25, -0.2) is 9.37 Å². The van der Waals surface area contributed by atoms with E-state index < -0.39 is 16.3 Å². The Morgan fingerprint density at radius 2 is 2.07 bits per heavy atom. The molecule has 9 heteroatoms. The summed E-state index contributed by atoms with van der Waals surface area (Å²) in [5.41, 5.74) is 0.151. The Kier molecular flexibility index (Phi) is 4.93. The average Bonchev–Trinajstić information content (AvgIpc) is 2.63. The molecule has 0 unspecified atom stereocenters. The van der Waals surface area contributed by atoms with Gasteiger partial charge < -0.3 is 4.90 Å². The number of nitro benzene ring substituents is 1. The van der Waals surface area contributed by atoms with Crippen LogP contribution in [0.2, 0.25) is 0 Å². The monoisotopic (exact) mass is 370 g/mol. The van der Waals surface area contributed by atoms with Crippen LogP contribution in [0.15, 0.2) is 53.6 Å². The van der Waals surface area contributed by atoms with Gasteiger partial charge in [0.05, 0.1) is 22.2 Å². The smallest absolute Gasteiger partial charge is 0.270 e. The van der Waals surface area contributed by atoms with Gasteiger partial charge in [0.15, 0.2) is 0 Å². The summed E-state index contributed by atoms with van der Waals surface area (Å²) in [4.78, 5) is 40.7. The first-order valence-electron chi connectivity index (χ1n) is 7.97. The second kappa shape index (κ2) is 7.32. The summed E-state index contributed by atoms with van der Waals surface area (Å²) in [6.45, 7) is -0.103. The van der Waals surface area contributed by atoms with Gasteiger partial charge in [-0.05, 0) is 23.8 Å². The van der Waals surface area contributed by atoms with Gasteiger partial charge in [0.25, 0.3) is 11.2 Å². The number of carbonyl (C=O) groups excluding carboxylic acids is 1. The first kappa shape index (κ1) is 18.2. The van der Waals surface area contributed by atoms with E-state index in [1.807, 2.05) is 0 Å². The van der Waals surface area contributed by atoms with Crippen molar-refractivity contribution >= 4 is 22.5 Å². The number of nitrogens with zero attached hydrogens (tertiary/aromatic N) is 4. The number of aromatic nitrogens is 2. The van der Waals surface area contributed by atoms with Crippen molar-refractivity contribution in [1.82, 2.24) is 14.5 Å². The molecular weight excluding hydrogens is 355 g/mol. The first-order valence-corrected chi connectivity index (χ1v) is 7.97. The van der Waals surface area contributed by atoms with Crippen LogP contribution in [-0.2, 0) is 17.9 Å². The highest BCUT2D eigenvalue weighted by atomic mass is 19.1. The Hall–Kier alpha value is -3.62. The number of benzene rings is 2. The molecule has 0 aliphatic carbocycles. The fourth-order valence-corrected chi connectivity index (χ4v) is 2.64. The molecule has 1 heterocycles. The lowest BCUT2D eigenvalue weighted by Gasteiger charge is -2.18. The van der Waals surface area contributed by atoms with Crippen molar-refractivity contribution in [3.05, 3.63) is 80.6 Å². The molecule has 0 radical (unpaired) electrons. The molecule has 0 spiro atoms. The van der Waals surface area contributed by atoms with Crippen molar-refractivity contribution in [2.24, 2.45) is 0 Å². The van der Waals surface area contributed by atoms with Crippen LogP contribution in [0.1, 0.15) is 5.56 Å². The number of non-ortho nitro benzene ring substituents is 1. The minimum atomic E-state index is -0.603. The lowest BCUT2D eigenvalue weighted by molar-refractivity contribution is -0.384. The maximum atomic E-state index is 13.3. The highest BCUT2D eigenvalue weighted by Crippen LogP contribution is 2.16. The molecule has 0 bridgehead atoms. The number of rotatable bonds is 5. The Bertz CT molecular complexity index is 1100. The number of halogens is 1. The maximum absolute atomic E-state index is 13.3. The molecule has 0 N–H and O–H groups in total. The summed E-state index contributed by atoms with van der Waals surface area (Å²) in [7, 11) is 1.54. The zero-order chi connectivity index (χ0) is 19.6. The molecule has 8 nitrogen and oxygen atoms in total. The van der Waals surface area contributed by atoms with Gasteiger partial charge in [0.1, 0.15) is 12.4 Å². The maximum Gasteiger partial charge on any atom is 0.270 e. The number of likely N-dealkylation sites (N-methyl/N-ethyl adjacent to an activating group) is 1. The Morgan fingerprint density at radius 1 is 1.30 bits per heavy atom. The number of amides is 1. The van der Waals surface area contributed by atoms with Crippen LogP contribution in [0.5, 0.6) is 0 Å². The molecule has 27 heavy (non-hydrogen) atoms. The van der Waals surface area contributed by atoms with Crippen LogP contribution in [0.3, 0.4) is 0 Å². The zero-order valence-electron chi connectivity index (χ0n) is 14.3. The van der Waals surface area contributed by atoms with Crippen LogP contribution in [0.25, 0.3) is 10.9 Å². The highest BCUT2D eigenvalue weighted by molar-refractivity contribution is 5.80. The average molecular weight is 370 g/mol. The molecule has 0 atom stereocenters. The van der Waals surface area contributed by atoms with Crippen molar-refractivity contribution in [2.75, 3.05) is 7.05 Å². The van der Waals surface area contributed by atoms with E-state index in [0.717, 1.165) is 10.6 Å². The molecule has 1 amide bonds. The lowest BCUT2D eigenvalue weighted by atomic mass is 10.2. The molecule has 138 valence electrons. The summed E-state index contributed by atoms with van der Waals surface area (Å²) in [6, 6.07) is 9.66. The van der Waals surface area contributed by atoms with E-state index >= 15 is 0 Å². The number of carbonyl (C=O) groups is 1. The first-order chi connectivity index (χ1) is 12.8. The van der Waals surface area contributed by atoms with E-state index in [0.29, 0.717) is 11.1 Å². The van der Waals surface area contributed by atoms with Crippen LogP contribution < -0.4 is 5.56 Å². The summed E-state index contributed by atoms with van der Waals surface area (Å²) < 4.78 is 14.3. The van der Waals surface area contributed by atoms with E-state index in [1.165, 1.54) is 42.5 Å². The fraction of sp³-hybridized carbons (Fsp3) is 0.167. The number of hydrogen-bond acceptors (Lipinski definition) is 5. The summed E-state index contributed by atoms with van der Waals surface area (Å²) in [5.74, 6) is -0.780. The zero-order valence-corrected chi connectivity index (χ0v) is 14.3. The number of fused-ring (bicyclic) bond motifs is 1. The minimum absolute atomic E-state index is 0.0623. The van der Waals surface area contributed by atoms with E-state index in [4.69, 9.17) is 0 Å². The van der Waals surface area contributed by atoms with Crippen molar-refractivity contribution in [3.8, 4) is 0 Å². The van der Waals surface area contributed by atoms with Crippen molar-refractivity contribution < 1.29 is 14.1 Å². The van der Waals surface area contributed by atoms with Crippen LogP contribution >= 0.6 is 0 Å². The van der Waals surface area contributed by atoms with Gasteiger partial charge in [-0.3, -0.25) is 24.3 Å². The van der Waals surface area contributed by atoms with Gasteiger partial charge >= 0.3 is 0 Å². The Morgan fingerprint density at radius 3 is 2.78 bits per heavy atom. The van der Waals surface area contributed by atoms with E-state index in [2.05, 4.69) is 4.98 Å². The minimum Gasteiger partial charge on any atom is -0.340 e. The van der Waals surface area contributed by atoms with Gasteiger partial charge in [-0.2, -0.15) is 0 Å². The molecule has 0 aliphatic rings. The van der Waals surface area contributed by atoms with Crippen molar-refractivity contribution in [2.45, 2.75) is 13.1 Å². The van der Waals surface area contributed by atoms with Gasteiger partial charge in [0.2, 0.25) is 5.91 Å². The quantitative estimate of drug-likeness (QED) is 0.506. The highest BCUT2D eigenvalue weighted by Gasteiger charge is 2.15. The normalized spacial score (nSPS) is 10.7. The van der Waals surface area contributed by atoms with E-state index in [1.54, 1.807) is 12.1 Å². The van der Waals surface area contributed by atoms with Gasteiger partial charge in [-0.1, -0.05) is 12.1 Å². The predicted octanol–water partition coefficient (Wildman–Crippen LogP) is 2.10.